The quantitative estimate of drug-likeness (QED) is 0.0794. The van der Waals surface area contributed by atoms with Crippen LogP contribution in [0.25, 0.3) is 32.6 Å². The van der Waals surface area contributed by atoms with E-state index < -0.39 is 17.5 Å². The van der Waals surface area contributed by atoms with Gasteiger partial charge in [0.05, 0.1) is 39.9 Å². The van der Waals surface area contributed by atoms with Crippen LogP contribution in [0.5, 0.6) is 5.75 Å². The van der Waals surface area contributed by atoms with E-state index in [0.29, 0.717) is 52.2 Å². The number of aromatic nitrogens is 2. The highest BCUT2D eigenvalue weighted by atomic mass is 32.1. The maximum absolute atomic E-state index is 14.0. The second-order valence-corrected chi connectivity index (χ2v) is 17.7. The van der Waals surface area contributed by atoms with E-state index in [1.807, 2.05) is 103 Å². The Labute approximate surface area is 364 Å². The minimum absolute atomic E-state index is 0.178. The first kappa shape index (κ1) is 45.2. The Hall–Kier alpha value is -5.37. The zero-order valence-corrected chi connectivity index (χ0v) is 37.3. The van der Waals surface area contributed by atoms with Gasteiger partial charge < -0.3 is 34.6 Å². The van der Waals surface area contributed by atoms with Crippen molar-refractivity contribution in [3.05, 3.63) is 95.6 Å². The molecule has 3 heterocycles. The Morgan fingerprint density at radius 2 is 1.59 bits per heavy atom. The molecule has 12 nitrogen and oxygen atoms in total. The molecule has 1 saturated heterocycles. The molecule has 324 valence electrons. The van der Waals surface area contributed by atoms with Crippen LogP contribution in [0.3, 0.4) is 0 Å². The fourth-order valence-corrected chi connectivity index (χ4v) is 8.19. The minimum atomic E-state index is -0.821. The van der Waals surface area contributed by atoms with Gasteiger partial charge in [0.2, 0.25) is 17.7 Å². The minimum Gasteiger partial charge on any atom is -0.493 e. The van der Waals surface area contributed by atoms with Crippen LogP contribution in [0, 0.1) is 12.3 Å². The van der Waals surface area contributed by atoms with Crippen molar-refractivity contribution in [2.45, 2.75) is 78.4 Å². The Balaban J connectivity index is 0.866. The standard InChI is InChI=1S/C48H60N6O6S/c1-32(34-12-14-36(15-13-34)44-33(2)49-31-61-44)50-46(56)42-11-8-24-54(42)47(57)45(48(3,4)5)52-43(55)30-59-27-9-25-58-26-10-28-60-39-21-23-41-37(29-39)18-22-40(51-41)35-16-19-38(20-17-35)53(6)7/h12-23,29,31-32,42,45H,8-11,24-28,30H2,1-7H3,(H,50,56)(H,52,55)/t32-,42-,45?/m0/s1. The van der Waals surface area contributed by atoms with Gasteiger partial charge in [0.15, 0.2) is 0 Å². The van der Waals surface area contributed by atoms with Crippen LogP contribution in [0.15, 0.2) is 84.4 Å². The Kier molecular flexibility index (Phi) is 15.5. The maximum Gasteiger partial charge on any atom is 0.246 e. The summed E-state index contributed by atoms with van der Waals surface area (Å²) < 4.78 is 17.4. The molecule has 3 amide bonds. The van der Waals surface area contributed by atoms with Crippen LogP contribution < -0.4 is 20.3 Å². The van der Waals surface area contributed by atoms with E-state index in [2.05, 4.69) is 50.8 Å². The zero-order valence-electron chi connectivity index (χ0n) is 36.5. The number of pyridine rings is 1. The van der Waals surface area contributed by atoms with Crippen LogP contribution in [-0.2, 0) is 23.9 Å². The van der Waals surface area contributed by atoms with E-state index in [-0.39, 0.29) is 30.4 Å². The lowest BCUT2D eigenvalue weighted by Gasteiger charge is -2.35. The SMILES string of the molecule is Cc1ncsc1-c1ccc([C@H](C)NC(=O)[C@@H]2CCCN2C(=O)C(NC(=O)COCCCOCCCOc2ccc3nc(-c4ccc(N(C)C)cc4)ccc3c2)C(C)(C)C)cc1. The molecule has 6 rings (SSSR count). The summed E-state index contributed by atoms with van der Waals surface area (Å²) in [6, 6.07) is 24.9. The number of hydrogen-bond donors (Lipinski definition) is 2. The molecule has 2 aromatic heterocycles. The van der Waals surface area contributed by atoms with Crippen LogP contribution >= 0.6 is 11.3 Å². The third-order valence-corrected chi connectivity index (χ3v) is 11.9. The molecule has 0 saturated carbocycles. The topological polar surface area (TPSA) is 135 Å². The predicted octanol–water partition coefficient (Wildman–Crippen LogP) is 7.99. The van der Waals surface area contributed by atoms with Crippen LogP contribution in [0.2, 0.25) is 0 Å². The van der Waals surface area contributed by atoms with Crippen LogP contribution in [0.1, 0.15) is 70.7 Å². The summed E-state index contributed by atoms with van der Waals surface area (Å²) in [7, 11) is 4.05. The van der Waals surface area contributed by atoms with Crippen LogP contribution in [-0.4, -0.2) is 98.3 Å². The number of nitrogens with zero attached hydrogens (tertiary/aromatic N) is 4. The molecule has 5 aromatic rings. The van der Waals surface area contributed by atoms with Crippen molar-refractivity contribution in [2.24, 2.45) is 5.41 Å². The van der Waals surface area contributed by atoms with Crippen molar-refractivity contribution < 1.29 is 28.6 Å². The number of benzene rings is 3. The van der Waals surface area contributed by atoms with Gasteiger partial charge in [0, 0.05) is 63.5 Å². The predicted molar refractivity (Wildman–Crippen MR) is 243 cm³/mol. The van der Waals surface area contributed by atoms with E-state index >= 15 is 0 Å². The number of thiazole rings is 1. The number of amides is 3. The van der Waals surface area contributed by atoms with E-state index in [1.54, 1.807) is 16.2 Å². The van der Waals surface area contributed by atoms with Gasteiger partial charge in [0.25, 0.3) is 0 Å². The van der Waals surface area contributed by atoms with Crippen molar-refractivity contribution >= 4 is 45.6 Å². The lowest BCUT2D eigenvalue weighted by molar-refractivity contribution is -0.144. The molecular formula is C48H60N6O6S. The van der Waals surface area contributed by atoms with Crippen LogP contribution in [0.4, 0.5) is 5.69 Å². The van der Waals surface area contributed by atoms with Gasteiger partial charge in [-0.15, -0.1) is 11.3 Å². The van der Waals surface area contributed by atoms with Gasteiger partial charge in [-0.1, -0.05) is 63.2 Å². The van der Waals surface area contributed by atoms with E-state index in [0.717, 1.165) is 61.7 Å². The second kappa shape index (κ2) is 20.9. The van der Waals surface area contributed by atoms with Crippen molar-refractivity contribution in [1.29, 1.82) is 0 Å². The van der Waals surface area contributed by atoms with Gasteiger partial charge in [-0.3, -0.25) is 14.4 Å². The average Bonchev–Trinajstić information content (AvgIpc) is 3.92. The Morgan fingerprint density at radius 3 is 2.28 bits per heavy atom. The number of hydrogen-bond acceptors (Lipinski definition) is 10. The summed E-state index contributed by atoms with van der Waals surface area (Å²) >= 11 is 1.60. The van der Waals surface area contributed by atoms with E-state index in [4.69, 9.17) is 19.2 Å². The van der Waals surface area contributed by atoms with Gasteiger partial charge in [-0.05, 0) is 86.1 Å². The normalized spacial score (nSPS) is 15.1. The lowest BCUT2D eigenvalue weighted by atomic mass is 9.85. The third-order valence-electron chi connectivity index (χ3n) is 10.9. The Bertz CT molecular complexity index is 2240. The highest BCUT2D eigenvalue weighted by Crippen LogP contribution is 2.30. The number of nitrogens with one attached hydrogen (secondary N) is 2. The molecule has 2 N–H and O–H groups in total. The first-order valence-electron chi connectivity index (χ1n) is 21.2. The smallest absolute Gasteiger partial charge is 0.246 e. The largest absolute Gasteiger partial charge is 0.493 e. The first-order valence-corrected chi connectivity index (χ1v) is 22.0. The van der Waals surface area contributed by atoms with E-state index in [1.165, 1.54) is 0 Å². The number of aryl methyl sites for hydroxylation is 1. The third kappa shape index (κ3) is 12.1. The molecule has 1 unspecified atom stereocenters. The second-order valence-electron chi connectivity index (χ2n) is 16.9. The summed E-state index contributed by atoms with van der Waals surface area (Å²) in [6.07, 6.45) is 2.62. The van der Waals surface area contributed by atoms with Gasteiger partial charge in [-0.2, -0.15) is 0 Å². The number of anilines is 1. The molecule has 1 aliphatic heterocycles. The molecule has 1 aliphatic rings. The molecule has 3 aromatic carbocycles. The Morgan fingerprint density at radius 1 is 0.885 bits per heavy atom. The summed E-state index contributed by atoms with van der Waals surface area (Å²) in [4.78, 5) is 54.6. The fourth-order valence-electron chi connectivity index (χ4n) is 7.38. The first-order chi connectivity index (χ1) is 29.3. The van der Waals surface area contributed by atoms with Gasteiger partial charge in [0.1, 0.15) is 24.4 Å². The number of rotatable bonds is 19. The van der Waals surface area contributed by atoms with Crippen molar-refractivity contribution in [2.75, 3.05) is 58.6 Å². The maximum atomic E-state index is 14.0. The fraction of sp³-hybridized carbons (Fsp3) is 0.438. The molecular weight excluding hydrogens is 789 g/mol. The number of ether oxygens (including phenoxy) is 3. The summed E-state index contributed by atoms with van der Waals surface area (Å²) in [5.41, 5.74) is 8.37. The van der Waals surface area contributed by atoms with Crippen molar-refractivity contribution in [3.8, 4) is 27.4 Å². The zero-order chi connectivity index (χ0) is 43.5. The molecule has 0 radical (unpaired) electrons. The summed E-state index contributed by atoms with van der Waals surface area (Å²) in [6.45, 7) is 11.8. The number of likely N-dealkylation sites (tertiary alicyclic amines) is 1. The van der Waals surface area contributed by atoms with Crippen molar-refractivity contribution in [3.63, 3.8) is 0 Å². The lowest BCUT2D eigenvalue weighted by Crippen LogP contribution is -2.58. The van der Waals surface area contributed by atoms with Crippen molar-refractivity contribution in [1.82, 2.24) is 25.5 Å². The summed E-state index contributed by atoms with van der Waals surface area (Å²) in [5.74, 6) is -0.0486. The molecule has 1 fully saturated rings. The average molecular weight is 849 g/mol. The molecule has 0 spiro atoms. The monoisotopic (exact) mass is 848 g/mol. The summed E-state index contributed by atoms with van der Waals surface area (Å²) in [5, 5.41) is 7.04. The number of fused-ring (bicyclic) bond motifs is 1. The molecule has 61 heavy (non-hydrogen) atoms. The van der Waals surface area contributed by atoms with Gasteiger partial charge in [-0.25, -0.2) is 9.97 Å². The highest BCUT2D eigenvalue weighted by molar-refractivity contribution is 7.13. The van der Waals surface area contributed by atoms with E-state index in [9.17, 15) is 14.4 Å². The number of carbonyl (C=O) groups is 3. The molecule has 3 atom stereocenters. The molecule has 0 aliphatic carbocycles. The molecule has 13 heteroatoms. The van der Waals surface area contributed by atoms with Gasteiger partial charge >= 0.3 is 0 Å². The number of carbonyl (C=O) groups excluding carboxylic acids is 3. The molecule has 0 bridgehead atoms. The highest BCUT2D eigenvalue weighted by Gasteiger charge is 2.42.